The van der Waals surface area contributed by atoms with E-state index in [2.05, 4.69) is 15.4 Å². The first-order valence-corrected chi connectivity index (χ1v) is 11.5. The van der Waals surface area contributed by atoms with Crippen LogP contribution in [0.25, 0.3) is 0 Å². The molecule has 0 saturated carbocycles. The number of ketones is 1. The molecule has 1 aliphatic heterocycles. The van der Waals surface area contributed by atoms with E-state index in [-0.39, 0.29) is 17.2 Å². The van der Waals surface area contributed by atoms with Gasteiger partial charge in [0, 0.05) is 47.7 Å². The highest BCUT2D eigenvalue weighted by Crippen LogP contribution is 2.41. The van der Waals surface area contributed by atoms with Crippen LogP contribution in [0.3, 0.4) is 0 Å². The maximum absolute atomic E-state index is 12.9. The SMILES string of the molecule is O=C1CCCC2=C1C(c1ccc([N+](=O)[O-])cc1)n1nc(SCc3ccc([N+](=O)[O-])cc3)nc1N2. The number of nitrogens with zero attached hydrogens (tertiary/aromatic N) is 5. The lowest BCUT2D eigenvalue weighted by molar-refractivity contribution is -0.385. The molecule has 0 fully saturated rings. The van der Waals surface area contributed by atoms with Crippen LogP contribution in [-0.2, 0) is 10.5 Å². The smallest absolute Gasteiger partial charge is 0.269 e. The summed E-state index contributed by atoms with van der Waals surface area (Å²) in [5, 5.41) is 30.3. The summed E-state index contributed by atoms with van der Waals surface area (Å²) in [7, 11) is 0. The van der Waals surface area contributed by atoms with Gasteiger partial charge >= 0.3 is 0 Å². The minimum atomic E-state index is -0.527. The van der Waals surface area contributed by atoms with Gasteiger partial charge in [0.1, 0.15) is 6.04 Å². The number of rotatable bonds is 6. The lowest BCUT2D eigenvalue weighted by Gasteiger charge is -2.32. The van der Waals surface area contributed by atoms with Crippen LogP contribution in [0, 0.1) is 20.2 Å². The minimum Gasteiger partial charge on any atom is -0.328 e. The van der Waals surface area contributed by atoms with E-state index in [0.29, 0.717) is 40.8 Å². The zero-order valence-corrected chi connectivity index (χ0v) is 18.5. The molecule has 12 heteroatoms. The van der Waals surface area contributed by atoms with E-state index in [9.17, 15) is 25.0 Å². The van der Waals surface area contributed by atoms with E-state index < -0.39 is 15.9 Å². The number of nitro groups is 2. The summed E-state index contributed by atoms with van der Waals surface area (Å²) in [5.41, 5.74) is 3.03. The Morgan fingerprint density at radius 1 is 1.00 bits per heavy atom. The Hall–Kier alpha value is -4.06. The summed E-state index contributed by atoms with van der Waals surface area (Å²) in [6, 6.07) is 11.9. The van der Waals surface area contributed by atoms with Gasteiger partial charge in [0.15, 0.2) is 5.78 Å². The Morgan fingerprint density at radius 3 is 2.29 bits per heavy atom. The van der Waals surface area contributed by atoms with E-state index in [1.54, 1.807) is 28.9 Å². The highest BCUT2D eigenvalue weighted by Gasteiger charge is 2.37. The van der Waals surface area contributed by atoms with Crippen LogP contribution in [0.2, 0.25) is 0 Å². The number of non-ortho nitro benzene ring substituents is 2. The second-order valence-corrected chi connectivity index (χ2v) is 8.86. The summed E-state index contributed by atoms with van der Waals surface area (Å²) < 4.78 is 1.65. The molecule has 11 nitrogen and oxygen atoms in total. The number of anilines is 1. The summed E-state index contributed by atoms with van der Waals surface area (Å²) in [6.07, 6.45) is 1.89. The van der Waals surface area contributed by atoms with Crippen LogP contribution in [0.1, 0.15) is 36.4 Å². The van der Waals surface area contributed by atoms with Gasteiger partial charge in [-0.05, 0) is 36.1 Å². The number of carbonyl (C=O) groups excluding carboxylic acids is 1. The topological polar surface area (TPSA) is 146 Å². The Bertz CT molecular complexity index is 1330. The van der Waals surface area contributed by atoms with Gasteiger partial charge in [-0.2, -0.15) is 4.98 Å². The molecule has 2 aliphatic rings. The molecule has 1 N–H and O–H groups in total. The second kappa shape index (κ2) is 8.71. The molecule has 0 saturated heterocycles. The minimum absolute atomic E-state index is 0.0262. The van der Waals surface area contributed by atoms with E-state index in [4.69, 9.17) is 0 Å². The summed E-state index contributed by atoms with van der Waals surface area (Å²) in [4.78, 5) is 38.5. The molecule has 1 unspecified atom stereocenters. The normalized spacial score (nSPS) is 17.1. The third-order valence-corrected chi connectivity index (χ3v) is 6.69. The molecule has 172 valence electrons. The van der Waals surface area contributed by atoms with Gasteiger partial charge in [0.2, 0.25) is 11.1 Å². The molecule has 1 aromatic heterocycles. The number of allylic oxidation sites excluding steroid dienone is 2. The molecular formula is C22H18N6O5S. The van der Waals surface area contributed by atoms with Crippen LogP contribution >= 0.6 is 11.8 Å². The zero-order chi connectivity index (χ0) is 23.8. The first-order chi connectivity index (χ1) is 16.4. The number of nitrogens with one attached hydrogen (secondary N) is 1. The van der Waals surface area contributed by atoms with Crippen LogP contribution in [0.5, 0.6) is 0 Å². The molecule has 2 heterocycles. The van der Waals surface area contributed by atoms with Crippen LogP contribution < -0.4 is 5.32 Å². The molecule has 0 spiro atoms. The molecule has 3 aromatic rings. The van der Waals surface area contributed by atoms with Gasteiger partial charge < -0.3 is 5.32 Å². The second-order valence-electron chi connectivity index (χ2n) is 7.92. The average molecular weight is 478 g/mol. The third-order valence-electron chi connectivity index (χ3n) is 5.78. The molecule has 1 aliphatic carbocycles. The fourth-order valence-corrected chi connectivity index (χ4v) is 4.93. The van der Waals surface area contributed by atoms with E-state index in [1.807, 2.05) is 0 Å². The number of hydrogen-bond donors (Lipinski definition) is 1. The molecule has 34 heavy (non-hydrogen) atoms. The third kappa shape index (κ3) is 4.03. The molecule has 0 radical (unpaired) electrons. The maximum atomic E-state index is 12.9. The lowest BCUT2D eigenvalue weighted by atomic mass is 9.85. The van der Waals surface area contributed by atoms with Gasteiger partial charge in [-0.1, -0.05) is 23.9 Å². The average Bonchev–Trinajstić information content (AvgIpc) is 3.24. The van der Waals surface area contributed by atoms with Gasteiger partial charge in [-0.15, -0.1) is 5.10 Å². The van der Waals surface area contributed by atoms with Crippen molar-refractivity contribution in [2.24, 2.45) is 0 Å². The quantitative estimate of drug-likeness (QED) is 0.309. The zero-order valence-electron chi connectivity index (χ0n) is 17.7. The molecule has 0 bridgehead atoms. The van der Waals surface area contributed by atoms with Crippen molar-refractivity contribution < 1.29 is 14.6 Å². The number of thioether (sulfide) groups is 1. The molecule has 5 rings (SSSR count). The van der Waals surface area contributed by atoms with Crippen LogP contribution in [0.4, 0.5) is 17.3 Å². The molecular weight excluding hydrogens is 460 g/mol. The van der Waals surface area contributed by atoms with E-state index >= 15 is 0 Å². The Morgan fingerprint density at radius 2 is 1.65 bits per heavy atom. The van der Waals surface area contributed by atoms with E-state index in [1.165, 1.54) is 36.0 Å². The number of carbonyl (C=O) groups is 1. The summed E-state index contributed by atoms with van der Waals surface area (Å²) >= 11 is 1.37. The standard InChI is InChI=1S/C22H18N6O5S/c29-18-3-1-2-17-19(18)20(14-6-10-16(11-7-14)28(32)33)26-21(23-17)24-22(25-26)34-12-13-4-8-15(9-5-13)27(30)31/h4-11,20H,1-3,12H2,(H,23,24,25). The Balaban J connectivity index is 1.45. The number of fused-ring (bicyclic) bond motifs is 1. The first-order valence-electron chi connectivity index (χ1n) is 10.5. The number of benzene rings is 2. The van der Waals surface area contributed by atoms with Crippen molar-refractivity contribution >= 4 is 34.9 Å². The van der Waals surface area contributed by atoms with Crippen molar-refractivity contribution in [2.75, 3.05) is 5.32 Å². The highest BCUT2D eigenvalue weighted by molar-refractivity contribution is 7.98. The maximum Gasteiger partial charge on any atom is 0.269 e. The van der Waals surface area contributed by atoms with Gasteiger partial charge in [-0.3, -0.25) is 25.0 Å². The fraction of sp³-hybridized carbons (Fsp3) is 0.227. The van der Waals surface area contributed by atoms with Crippen LogP contribution in [-0.4, -0.2) is 30.4 Å². The van der Waals surface area contributed by atoms with Crippen molar-refractivity contribution in [1.29, 1.82) is 0 Å². The van der Waals surface area contributed by atoms with Crippen molar-refractivity contribution in [1.82, 2.24) is 14.8 Å². The number of Topliss-reactive ketones (excluding diaryl/α,β-unsaturated/α-hetero) is 1. The number of hydrogen-bond acceptors (Lipinski definition) is 9. The highest BCUT2D eigenvalue weighted by atomic mass is 32.2. The van der Waals surface area contributed by atoms with Crippen molar-refractivity contribution in [3.05, 3.63) is 91.2 Å². The summed E-state index contributed by atoms with van der Waals surface area (Å²) in [6.45, 7) is 0. The number of nitro benzene ring substituents is 2. The van der Waals surface area contributed by atoms with Crippen LogP contribution in [0.15, 0.2) is 65.0 Å². The predicted octanol–water partition coefficient (Wildman–Crippen LogP) is 4.41. The Kier molecular flexibility index (Phi) is 5.57. The summed E-state index contributed by atoms with van der Waals surface area (Å²) in [5.74, 6) is 1.04. The Labute approximate surface area is 197 Å². The van der Waals surface area contributed by atoms with Gasteiger partial charge in [-0.25, -0.2) is 4.68 Å². The van der Waals surface area contributed by atoms with Gasteiger partial charge in [0.05, 0.1) is 9.85 Å². The van der Waals surface area contributed by atoms with E-state index in [0.717, 1.165) is 17.7 Å². The van der Waals surface area contributed by atoms with Crippen molar-refractivity contribution in [3.63, 3.8) is 0 Å². The van der Waals surface area contributed by atoms with Crippen molar-refractivity contribution in [3.8, 4) is 0 Å². The molecule has 2 aromatic carbocycles. The molecule has 1 atom stereocenters. The number of aromatic nitrogens is 3. The van der Waals surface area contributed by atoms with Crippen molar-refractivity contribution in [2.45, 2.75) is 36.2 Å². The molecule has 0 amide bonds. The first kappa shape index (κ1) is 21.8. The lowest BCUT2D eigenvalue weighted by Crippen LogP contribution is -2.31. The largest absolute Gasteiger partial charge is 0.328 e. The van der Waals surface area contributed by atoms with Gasteiger partial charge in [0.25, 0.3) is 11.4 Å². The predicted molar refractivity (Wildman–Crippen MR) is 123 cm³/mol. The monoisotopic (exact) mass is 478 g/mol. The fourth-order valence-electron chi connectivity index (χ4n) is 4.15.